The van der Waals surface area contributed by atoms with Gasteiger partial charge < -0.3 is 5.32 Å². The first-order valence-electron chi connectivity index (χ1n) is 6.28. The monoisotopic (exact) mass is 302 g/mol. The first-order chi connectivity index (χ1) is 9.14. The van der Waals surface area contributed by atoms with Crippen molar-refractivity contribution < 1.29 is 8.42 Å². The molecule has 2 heterocycles. The lowest BCUT2D eigenvalue weighted by Crippen LogP contribution is -2.33. The molecule has 1 aliphatic rings. The lowest BCUT2D eigenvalue weighted by Gasteiger charge is -2.19. The van der Waals surface area contributed by atoms with E-state index in [9.17, 15) is 8.42 Å². The number of anilines is 1. The Morgan fingerprint density at radius 1 is 1.32 bits per heavy atom. The quantitative estimate of drug-likeness (QED) is 0.895. The van der Waals surface area contributed by atoms with Crippen LogP contribution >= 0.6 is 11.8 Å². The molecule has 0 aliphatic carbocycles. The second kappa shape index (κ2) is 6.53. The van der Waals surface area contributed by atoms with Crippen LogP contribution in [0.15, 0.2) is 17.3 Å². The third-order valence-corrected chi connectivity index (χ3v) is 5.68. The molecule has 1 saturated heterocycles. The molecule has 19 heavy (non-hydrogen) atoms. The summed E-state index contributed by atoms with van der Waals surface area (Å²) in [6, 6.07) is 0. The highest BCUT2D eigenvalue weighted by molar-refractivity contribution is 7.99. The van der Waals surface area contributed by atoms with Crippen molar-refractivity contribution in [3.05, 3.63) is 12.4 Å². The average Bonchev–Trinajstić information content (AvgIpc) is 2.69. The molecule has 106 valence electrons. The molecule has 0 spiro atoms. The maximum absolute atomic E-state index is 12.4. The zero-order chi connectivity index (χ0) is 13.7. The molecule has 2 rings (SSSR count). The van der Waals surface area contributed by atoms with E-state index in [2.05, 4.69) is 15.3 Å². The van der Waals surface area contributed by atoms with Crippen molar-refractivity contribution in [2.24, 2.45) is 0 Å². The third-order valence-electron chi connectivity index (χ3n) is 2.78. The first kappa shape index (κ1) is 14.5. The Kier molecular flexibility index (Phi) is 5.00. The van der Waals surface area contributed by atoms with E-state index in [1.807, 2.05) is 6.92 Å². The van der Waals surface area contributed by atoms with E-state index >= 15 is 0 Å². The molecule has 1 aromatic rings. The highest BCUT2D eigenvalue weighted by Crippen LogP contribution is 2.19. The molecule has 1 aliphatic heterocycles. The molecule has 1 N–H and O–H groups in total. The molecular formula is C11H18N4O2S2. The number of sulfonamides is 1. The summed E-state index contributed by atoms with van der Waals surface area (Å²) >= 11 is 1.79. The number of hydrogen-bond acceptors (Lipinski definition) is 6. The second-order valence-corrected chi connectivity index (χ2v) is 7.31. The largest absolute Gasteiger partial charge is 0.355 e. The summed E-state index contributed by atoms with van der Waals surface area (Å²) in [6.07, 6.45) is 3.64. The maximum atomic E-state index is 12.4. The fourth-order valence-electron chi connectivity index (χ4n) is 1.81. The van der Waals surface area contributed by atoms with Crippen LogP contribution in [0.5, 0.6) is 0 Å². The summed E-state index contributed by atoms with van der Waals surface area (Å²) in [5.74, 6) is 2.31. The van der Waals surface area contributed by atoms with Gasteiger partial charge in [0.25, 0.3) is 0 Å². The fourth-order valence-corrected chi connectivity index (χ4v) is 4.18. The Balaban J connectivity index is 2.18. The Morgan fingerprint density at radius 3 is 2.74 bits per heavy atom. The SMILES string of the molecule is CCNc1ncc(S(=O)(=O)N2CCCSCC2)cn1. The molecule has 1 fully saturated rings. The summed E-state index contributed by atoms with van der Waals surface area (Å²) in [5, 5.41) is 2.94. The van der Waals surface area contributed by atoms with E-state index < -0.39 is 10.0 Å². The van der Waals surface area contributed by atoms with Gasteiger partial charge in [-0.1, -0.05) is 0 Å². The molecule has 0 bridgehead atoms. The zero-order valence-electron chi connectivity index (χ0n) is 10.9. The molecular weight excluding hydrogens is 284 g/mol. The van der Waals surface area contributed by atoms with Gasteiger partial charge in [0, 0.05) is 25.4 Å². The minimum atomic E-state index is -3.45. The highest BCUT2D eigenvalue weighted by atomic mass is 32.2. The number of hydrogen-bond donors (Lipinski definition) is 1. The van der Waals surface area contributed by atoms with Crippen molar-refractivity contribution in [1.82, 2.24) is 14.3 Å². The standard InChI is InChI=1S/C11H18N4O2S2/c1-2-12-11-13-8-10(9-14-11)19(16,17)15-4-3-6-18-7-5-15/h8-9H,2-7H2,1H3,(H,12,13,14). The molecule has 8 heteroatoms. The van der Waals surface area contributed by atoms with Crippen molar-refractivity contribution in [2.45, 2.75) is 18.2 Å². The number of nitrogens with zero attached hydrogens (tertiary/aromatic N) is 3. The van der Waals surface area contributed by atoms with Crippen LogP contribution in [0.3, 0.4) is 0 Å². The van der Waals surface area contributed by atoms with Crippen molar-refractivity contribution in [1.29, 1.82) is 0 Å². The van der Waals surface area contributed by atoms with Gasteiger partial charge in [-0.2, -0.15) is 16.1 Å². The van der Waals surface area contributed by atoms with Crippen LogP contribution < -0.4 is 5.32 Å². The third kappa shape index (κ3) is 3.58. The second-order valence-electron chi connectivity index (χ2n) is 4.14. The number of aromatic nitrogens is 2. The van der Waals surface area contributed by atoms with Gasteiger partial charge in [0.1, 0.15) is 4.90 Å². The first-order valence-corrected chi connectivity index (χ1v) is 8.88. The van der Waals surface area contributed by atoms with E-state index in [0.29, 0.717) is 25.6 Å². The summed E-state index contributed by atoms with van der Waals surface area (Å²) in [7, 11) is -3.45. The number of thioether (sulfide) groups is 1. The molecule has 0 atom stereocenters. The van der Waals surface area contributed by atoms with E-state index in [4.69, 9.17) is 0 Å². The van der Waals surface area contributed by atoms with Crippen molar-refractivity contribution in [3.8, 4) is 0 Å². The summed E-state index contributed by atoms with van der Waals surface area (Å²) in [4.78, 5) is 8.21. The van der Waals surface area contributed by atoms with E-state index in [-0.39, 0.29) is 4.90 Å². The number of nitrogens with one attached hydrogen (secondary N) is 1. The molecule has 6 nitrogen and oxygen atoms in total. The molecule has 0 aromatic carbocycles. The van der Waals surface area contributed by atoms with Crippen molar-refractivity contribution >= 4 is 27.7 Å². The van der Waals surface area contributed by atoms with E-state index in [1.54, 1.807) is 11.8 Å². The molecule has 0 radical (unpaired) electrons. The maximum Gasteiger partial charge on any atom is 0.246 e. The van der Waals surface area contributed by atoms with E-state index in [1.165, 1.54) is 16.7 Å². The normalized spacial score (nSPS) is 17.9. The van der Waals surface area contributed by atoms with Gasteiger partial charge in [0.2, 0.25) is 16.0 Å². The van der Waals surface area contributed by atoms with Crippen LogP contribution in [0.1, 0.15) is 13.3 Å². The lowest BCUT2D eigenvalue weighted by molar-refractivity contribution is 0.434. The van der Waals surface area contributed by atoms with Crippen LogP contribution in [0.2, 0.25) is 0 Å². The molecule has 0 saturated carbocycles. The minimum absolute atomic E-state index is 0.168. The highest BCUT2D eigenvalue weighted by Gasteiger charge is 2.25. The lowest BCUT2D eigenvalue weighted by atomic mass is 10.5. The Bertz CT molecular complexity index is 496. The van der Waals surface area contributed by atoms with Crippen molar-refractivity contribution in [2.75, 3.05) is 36.5 Å². The summed E-state index contributed by atoms with van der Waals surface area (Å²) in [5.41, 5.74) is 0. The molecule has 0 unspecified atom stereocenters. The van der Waals surface area contributed by atoms with Crippen LogP contribution in [0.25, 0.3) is 0 Å². The van der Waals surface area contributed by atoms with Gasteiger partial charge in [-0.15, -0.1) is 0 Å². The smallest absolute Gasteiger partial charge is 0.246 e. The predicted molar refractivity (Wildman–Crippen MR) is 76.9 cm³/mol. The topological polar surface area (TPSA) is 75.2 Å². The van der Waals surface area contributed by atoms with Crippen LogP contribution in [-0.2, 0) is 10.0 Å². The molecule has 0 amide bonds. The Labute approximate surface area is 118 Å². The average molecular weight is 302 g/mol. The van der Waals surface area contributed by atoms with Crippen molar-refractivity contribution in [3.63, 3.8) is 0 Å². The summed E-state index contributed by atoms with van der Waals surface area (Å²) < 4.78 is 26.4. The predicted octanol–water partition coefficient (Wildman–Crippen LogP) is 1.04. The van der Waals surface area contributed by atoms with E-state index in [0.717, 1.165) is 17.9 Å². The summed E-state index contributed by atoms with van der Waals surface area (Å²) in [6.45, 7) is 3.77. The Hall–Kier alpha value is -0.860. The van der Waals surface area contributed by atoms with Crippen LogP contribution in [-0.4, -0.2) is 53.8 Å². The van der Waals surface area contributed by atoms with Crippen LogP contribution in [0.4, 0.5) is 5.95 Å². The molecule has 1 aromatic heterocycles. The van der Waals surface area contributed by atoms with Crippen LogP contribution in [0, 0.1) is 0 Å². The zero-order valence-corrected chi connectivity index (χ0v) is 12.5. The van der Waals surface area contributed by atoms with Gasteiger partial charge in [-0.25, -0.2) is 18.4 Å². The van der Waals surface area contributed by atoms with Gasteiger partial charge in [0.05, 0.1) is 12.4 Å². The van der Waals surface area contributed by atoms with Gasteiger partial charge in [-0.05, 0) is 19.1 Å². The van der Waals surface area contributed by atoms with Gasteiger partial charge in [0.15, 0.2) is 0 Å². The number of rotatable bonds is 4. The fraction of sp³-hybridized carbons (Fsp3) is 0.636. The van der Waals surface area contributed by atoms with Gasteiger partial charge >= 0.3 is 0 Å². The van der Waals surface area contributed by atoms with Gasteiger partial charge in [-0.3, -0.25) is 0 Å². The minimum Gasteiger partial charge on any atom is -0.355 e. The Morgan fingerprint density at radius 2 is 2.05 bits per heavy atom.